The largest absolute Gasteiger partial charge is 0.495 e. The molecule has 0 unspecified atom stereocenters. The van der Waals surface area contributed by atoms with Crippen LogP contribution in [0.5, 0.6) is 5.75 Å². The minimum Gasteiger partial charge on any atom is -0.495 e. The van der Waals surface area contributed by atoms with Gasteiger partial charge in [0.05, 0.1) is 18.8 Å². The highest BCUT2D eigenvalue weighted by atomic mass is 32.1. The minimum absolute atomic E-state index is 0.0399. The van der Waals surface area contributed by atoms with Gasteiger partial charge in [-0.2, -0.15) is 0 Å². The van der Waals surface area contributed by atoms with Crippen LogP contribution >= 0.6 is 12.2 Å². The number of allylic oxidation sites excluding steroid dienone is 1. The van der Waals surface area contributed by atoms with E-state index < -0.39 is 6.04 Å². The van der Waals surface area contributed by atoms with E-state index in [2.05, 4.69) is 41.7 Å². The van der Waals surface area contributed by atoms with Gasteiger partial charge in [-0.15, -0.1) is 0 Å². The number of carbonyl (C=O) groups is 1. The number of rotatable bonds is 6. The summed E-state index contributed by atoms with van der Waals surface area (Å²) in [7, 11) is 1.64. The highest BCUT2D eigenvalue weighted by molar-refractivity contribution is 7.80. The number of benzene rings is 4. The SMILES string of the molecule is COc1ccc(C)cc1N1C(=S)N[C@H](c2ccc(-c3ccccc3)cc2)C(C(=O)c2ccccc2)=C1C. The van der Waals surface area contributed by atoms with Crippen LogP contribution in [0.3, 0.4) is 0 Å². The number of ether oxygens (including phenoxy) is 1. The molecule has 0 amide bonds. The van der Waals surface area contributed by atoms with Gasteiger partial charge in [0.2, 0.25) is 0 Å². The van der Waals surface area contributed by atoms with Crippen molar-refractivity contribution in [3.63, 3.8) is 0 Å². The Hall–Kier alpha value is -4.22. The maximum atomic E-state index is 14.0. The van der Waals surface area contributed by atoms with Crippen LogP contribution in [0.1, 0.15) is 34.5 Å². The van der Waals surface area contributed by atoms with Crippen molar-refractivity contribution < 1.29 is 9.53 Å². The Balaban J connectivity index is 1.64. The molecule has 0 saturated carbocycles. The average Bonchev–Trinajstić information content (AvgIpc) is 2.93. The Bertz CT molecular complexity index is 1480. The first-order chi connectivity index (χ1) is 18.0. The molecule has 0 bridgehead atoms. The summed E-state index contributed by atoms with van der Waals surface area (Å²) in [4.78, 5) is 15.9. The standard InChI is InChI=1S/C32H28N2O2S/c1-21-14-19-28(36-3)27(20-21)34-22(2)29(31(35)26-12-8-5-9-13-26)30(33-32(34)37)25-17-15-24(16-18-25)23-10-6-4-7-11-23/h4-20,30H,1-3H3,(H,33,37)/t30-/m1/s1. The van der Waals surface area contributed by atoms with Gasteiger partial charge in [0, 0.05) is 16.8 Å². The number of Topliss-reactive ketones (excluding diaryl/α,β-unsaturated/α-hetero) is 1. The van der Waals surface area contributed by atoms with E-state index in [1.54, 1.807) is 7.11 Å². The third kappa shape index (κ3) is 4.78. The highest BCUT2D eigenvalue weighted by Gasteiger charge is 2.35. The van der Waals surface area contributed by atoms with Gasteiger partial charge in [0.1, 0.15) is 5.75 Å². The van der Waals surface area contributed by atoms with Gasteiger partial charge < -0.3 is 10.1 Å². The van der Waals surface area contributed by atoms with Gasteiger partial charge in [-0.25, -0.2) is 0 Å². The number of carbonyl (C=O) groups excluding carboxylic acids is 1. The number of anilines is 1. The summed E-state index contributed by atoms with van der Waals surface area (Å²) in [6.45, 7) is 3.98. The van der Waals surface area contributed by atoms with E-state index in [4.69, 9.17) is 17.0 Å². The van der Waals surface area contributed by atoms with Crippen LogP contribution in [0, 0.1) is 6.92 Å². The van der Waals surface area contributed by atoms with E-state index >= 15 is 0 Å². The molecule has 1 aliphatic rings. The third-order valence-corrected chi connectivity index (χ3v) is 6.99. The quantitative estimate of drug-likeness (QED) is 0.221. The van der Waals surface area contributed by atoms with Crippen molar-refractivity contribution in [3.8, 4) is 16.9 Å². The summed E-state index contributed by atoms with van der Waals surface area (Å²) < 4.78 is 5.66. The van der Waals surface area contributed by atoms with Crippen molar-refractivity contribution >= 4 is 28.8 Å². The molecule has 4 aromatic carbocycles. The summed E-state index contributed by atoms with van der Waals surface area (Å²) in [5.41, 5.74) is 7.16. The molecular weight excluding hydrogens is 476 g/mol. The van der Waals surface area contributed by atoms with Gasteiger partial charge in [0.15, 0.2) is 10.9 Å². The molecule has 0 radical (unpaired) electrons. The van der Waals surface area contributed by atoms with E-state index in [1.165, 1.54) is 0 Å². The van der Waals surface area contributed by atoms with Gasteiger partial charge in [-0.05, 0) is 60.5 Å². The number of methoxy groups -OCH3 is 1. The van der Waals surface area contributed by atoms with Crippen molar-refractivity contribution in [2.75, 3.05) is 12.0 Å². The molecular formula is C32H28N2O2S. The molecule has 0 spiro atoms. The number of hydrogen-bond acceptors (Lipinski definition) is 3. The van der Waals surface area contributed by atoms with Crippen LogP contribution in [0.15, 0.2) is 114 Å². The smallest absolute Gasteiger partial charge is 0.193 e. The molecule has 1 atom stereocenters. The van der Waals surface area contributed by atoms with E-state index in [0.29, 0.717) is 22.0 Å². The molecule has 0 aromatic heterocycles. The Labute approximate surface area is 223 Å². The molecule has 1 heterocycles. The number of hydrogen-bond donors (Lipinski definition) is 1. The zero-order valence-corrected chi connectivity index (χ0v) is 21.9. The Morgan fingerprint density at radius 3 is 2.11 bits per heavy atom. The first-order valence-corrected chi connectivity index (χ1v) is 12.6. The fraction of sp³-hybridized carbons (Fsp3) is 0.125. The second kappa shape index (κ2) is 10.4. The van der Waals surface area contributed by atoms with Crippen molar-refractivity contribution in [1.29, 1.82) is 0 Å². The number of ketones is 1. The van der Waals surface area contributed by atoms with Crippen molar-refractivity contribution in [3.05, 3.63) is 131 Å². The molecule has 0 aliphatic carbocycles. The lowest BCUT2D eigenvalue weighted by Crippen LogP contribution is -2.48. The second-order valence-corrected chi connectivity index (χ2v) is 9.46. The lowest BCUT2D eigenvalue weighted by molar-refractivity contribution is 0.102. The molecule has 4 aromatic rings. The van der Waals surface area contributed by atoms with E-state index in [0.717, 1.165) is 33.6 Å². The van der Waals surface area contributed by atoms with Crippen molar-refractivity contribution in [2.24, 2.45) is 0 Å². The van der Waals surface area contributed by atoms with Crippen LogP contribution in [0.25, 0.3) is 11.1 Å². The fourth-order valence-electron chi connectivity index (χ4n) is 4.80. The van der Waals surface area contributed by atoms with Crippen molar-refractivity contribution in [1.82, 2.24) is 5.32 Å². The van der Waals surface area contributed by atoms with E-state index in [1.807, 2.05) is 85.5 Å². The molecule has 0 fully saturated rings. The molecule has 5 heteroatoms. The van der Waals surface area contributed by atoms with Crippen LogP contribution in [0.4, 0.5) is 5.69 Å². The first-order valence-electron chi connectivity index (χ1n) is 12.2. The van der Waals surface area contributed by atoms with E-state index in [-0.39, 0.29) is 5.78 Å². The molecule has 1 aliphatic heterocycles. The zero-order valence-electron chi connectivity index (χ0n) is 21.1. The first kappa shape index (κ1) is 24.5. The summed E-state index contributed by atoms with van der Waals surface area (Å²) in [5, 5.41) is 3.98. The van der Waals surface area contributed by atoms with Gasteiger partial charge >= 0.3 is 0 Å². The average molecular weight is 505 g/mol. The molecule has 37 heavy (non-hydrogen) atoms. The maximum absolute atomic E-state index is 14.0. The van der Waals surface area contributed by atoms with Gasteiger partial charge in [0.25, 0.3) is 0 Å². The number of thiocarbonyl (C=S) groups is 1. The van der Waals surface area contributed by atoms with Crippen LogP contribution in [-0.2, 0) is 0 Å². The lowest BCUT2D eigenvalue weighted by atomic mass is 9.88. The summed E-state index contributed by atoms with van der Waals surface area (Å²) >= 11 is 5.89. The molecule has 5 rings (SSSR count). The normalized spacial score (nSPS) is 15.4. The maximum Gasteiger partial charge on any atom is 0.193 e. The summed E-state index contributed by atoms with van der Waals surface area (Å²) in [5.74, 6) is 0.646. The van der Waals surface area contributed by atoms with Gasteiger partial charge in [-0.3, -0.25) is 9.69 Å². The number of nitrogens with one attached hydrogen (secondary N) is 1. The summed E-state index contributed by atoms with van der Waals surface area (Å²) in [6, 6.07) is 33.5. The fourth-order valence-corrected chi connectivity index (χ4v) is 5.15. The summed E-state index contributed by atoms with van der Waals surface area (Å²) in [6.07, 6.45) is 0. The zero-order chi connectivity index (χ0) is 25.9. The second-order valence-electron chi connectivity index (χ2n) is 9.08. The minimum atomic E-state index is -0.392. The molecule has 184 valence electrons. The predicted molar refractivity (Wildman–Crippen MR) is 154 cm³/mol. The Kier molecular flexibility index (Phi) is 6.89. The lowest BCUT2D eigenvalue weighted by Gasteiger charge is -2.38. The Morgan fingerprint density at radius 1 is 0.838 bits per heavy atom. The third-order valence-electron chi connectivity index (χ3n) is 6.69. The van der Waals surface area contributed by atoms with Gasteiger partial charge in [-0.1, -0.05) is 91.0 Å². The van der Waals surface area contributed by atoms with Crippen LogP contribution in [0.2, 0.25) is 0 Å². The van der Waals surface area contributed by atoms with Crippen LogP contribution in [-0.4, -0.2) is 18.0 Å². The van der Waals surface area contributed by atoms with Crippen LogP contribution < -0.4 is 15.0 Å². The molecule has 4 nitrogen and oxygen atoms in total. The van der Waals surface area contributed by atoms with E-state index in [9.17, 15) is 4.79 Å². The molecule has 0 saturated heterocycles. The predicted octanol–water partition coefficient (Wildman–Crippen LogP) is 7.26. The number of nitrogens with zero attached hydrogens (tertiary/aromatic N) is 1. The molecule has 1 N–H and O–H groups in total. The highest BCUT2D eigenvalue weighted by Crippen LogP contribution is 2.39. The number of aryl methyl sites for hydroxylation is 1. The monoisotopic (exact) mass is 504 g/mol. The Morgan fingerprint density at radius 2 is 1.46 bits per heavy atom. The van der Waals surface area contributed by atoms with Crippen molar-refractivity contribution in [2.45, 2.75) is 19.9 Å². The topological polar surface area (TPSA) is 41.6 Å².